The maximum Gasteiger partial charge on any atom is 0.343 e. The van der Waals surface area contributed by atoms with Crippen molar-refractivity contribution in [2.24, 2.45) is 0 Å². The van der Waals surface area contributed by atoms with E-state index >= 15 is 0 Å². The normalized spacial score (nSPS) is 11.6. The lowest BCUT2D eigenvalue weighted by Gasteiger charge is -2.13. The fourth-order valence-electron chi connectivity index (χ4n) is 5.78. The zero-order valence-electron chi connectivity index (χ0n) is 31.5. The van der Waals surface area contributed by atoms with Gasteiger partial charge in [-0.05, 0) is 80.8 Å². The van der Waals surface area contributed by atoms with E-state index in [1.807, 2.05) is 0 Å². The minimum Gasteiger partial charge on any atom is -0.491 e. The molecule has 0 aliphatic rings. The fraction of sp³-hybridized carbons (Fsp3) is 0.512. The van der Waals surface area contributed by atoms with Crippen LogP contribution in [0.5, 0.6) is 17.2 Å². The minimum absolute atomic E-state index is 0.00689. The van der Waals surface area contributed by atoms with Crippen LogP contribution in [0.2, 0.25) is 0 Å². The Balaban J connectivity index is 1.42. The van der Waals surface area contributed by atoms with Crippen molar-refractivity contribution < 1.29 is 46.5 Å². The van der Waals surface area contributed by atoms with Gasteiger partial charge in [0.1, 0.15) is 0 Å². The SMILES string of the molecule is CCCCCCCCCCCCCCOc1ccc(C(=O)Oc2ccc(C(=O)Oc3ccc(C(=O)OC(C)CCCCCC)cc3F)cc2F)cc1F. The molecule has 53 heavy (non-hydrogen) atoms. The average Bonchev–Trinajstić information content (AvgIpc) is 3.14. The number of carbonyl (C=O) groups excluding carboxylic acids is 3. The molecular weight excluding hydrogens is 685 g/mol. The summed E-state index contributed by atoms with van der Waals surface area (Å²) < 4.78 is 65.4. The number of benzene rings is 3. The molecule has 7 nitrogen and oxygen atoms in total. The predicted octanol–water partition coefficient (Wildman–Crippen LogP) is 12.1. The van der Waals surface area contributed by atoms with Crippen molar-refractivity contribution in [2.75, 3.05) is 6.61 Å². The Morgan fingerprint density at radius 1 is 0.509 bits per heavy atom. The molecule has 3 aromatic carbocycles. The van der Waals surface area contributed by atoms with Gasteiger partial charge in [-0.1, -0.05) is 104 Å². The van der Waals surface area contributed by atoms with E-state index in [1.165, 1.54) is 76.0 Å². The van der Waals surface area contributed by atoms with Crippen LogP contribution in [0.25, 0.3) is 0 Å². The van der Waals surface area contributed by atoms with Gasteiger partial charge in [0.05, 0.1) is 29.4 Å². The Morgan fingerprint density at radius 2 is 0.887 bits per heavy atom. The monoisotopic (exact) mass is 740 g/mol. The first-order chi connectivity index (χ1) is 25.6. The molecule has 0 radical (unpaired) electrons. The van der Waals surface area contributed by atoms with Crippen molar-refractivity contribution in [3.05, 3.63) is 88.7 Å². The molecule has 0 N–H and O–H groups in total. The summed E-state index contributed by atoms with van der Waals surface area (Å²) >= 11 is 0. The van der Waals surface area contributed by atoms with E-state index in [9.17, 15) is 27.6 Å². The van der Waals surface area contributed by atoms with Crippen LogP contribution in [0.15, 0.2) is 54.6 Å². The molecule has 0 aliphatic carbocycles. The van der Waals surface area contributed by atoms with Gasteiger partial charge in [-0.3, -0.25) is 0 Å². The molecule has 0 bridgehead atoms. The zero-order chi connectivity index (χ0) is 38.4. The summed E-state index contributed by atoms with van der Waals surface area (Å²) in [5, 5.41) is 0. The molecule has 1 unspecified atom stereocenters. The van der Waals surface area contributed by atoms with Crippen LogP contribution in [0, 0.1) is 17.5 Å². The molecule has 10 heteroatoms. The predicted molar refractivity (Wildman–Crippen MR) is 199 cm³/mol. The Morgan fingerprint density at radius 3 is 1.32 bits per heavy atom. The second-order valence-corrected chi connectivity index (χ2v) is 13.5. The van der Waals surface area contributed by atoms with Gasteiger partial charge in [0.25, 0.3) is 0 Å². The average molecular weight is 741 g/mol. The number of halogens is 3. The largest absolute Gasteiger partial charge is 0.491 e. The van der Waals surface area contributed by atoms with Crippen molar-refractivity contribution >= 4 is 17.9 Å². The molecule has 0 aromatic heterocycles. The van der Waals surface area contributed by atoms with E-state index in [2.05, 4.69) is 13.8 Å². The highest BCUT2D eigenvalue weighted by Crippen LogP contribution is 2.25. The van der Waals surface area contributed by atoms with E-state index in [4.69, 9.17) is 18.9 Å². The third-order valence-corrected chi connectivity index (χ3v) is 8.94. The highest BCUT2D eigenvalue weighted by Gasteiger charge is 2.20. The Hall–Kier alpha value is -4.34. The molecule has 3 rings (SSSR count). The summed E-state index contributed by atoms with van der Waals surface area (Å²) in [5.74, 6) is -6.58. The zero-order valence-corrected chi connectivity index (χ0v) is 31.5. The second-order valence-electron chi connectivity index (χ2n) is 13.5. The van der Waals surface area contributed by atoms with Crippen LogP contribution in [-0.2, 0) is 4.74 Å². The van der Waals surface area contributed by atoms with E-state index in [0.29, 0.717) is 13.0 Å². The third kappa shape index (κ3) is 15.7. The van der Waals surface area contributed by atoms with Gasteiger partial charge in [0, 0.05) is 0 Å². The van der Waals surface area contributed by atoms with E-state index in [1.54, 1.807) is 6.92 Å². The van der Waals surface area contributed by atoms with Crippen molar-refractivity contribution in [3.63, 3.8) is 0 Å². The summed E-state index contributed by atoms with van der Waals surface area (Å²) in [4.78, 5) is 37.7. The maximum atomic E-state index is 14.9. The smallest absolute Gasteiger partial charge is 0.343 e. The van der Waals surface area contributed by atoms with Gasteiger partial charge in [-0.2, -0.15) is 0 Å². The Bertz CT molecular complexity index is 1590. The fourth-order valence-corrected chi connectivity index (χ4v) is 5.78. The topological polar surface area (TPSA) is 88.1 Å². The van der Waals surface area contributed by atoms with Gasteiger partial charge in [0.2, 0.25) is 0 Å². The van der Waals surface area contributed by atoms with Gasteiger partial charge in [-0.15, -0.1) is 0 Å². The summed E-state index contributed by atoms with van der Waals surface area (Å²) in [7, 11) is 0. The molecular formula is C43H55F3O7. The van der Waals surface area contributed by atoms with Gasteiger partial charge >= 0.3 is 17.9 Å². The molecule has 0 saturated carbocycles. The lowest BCUT2D eigenvalue weighted by Crippen LogP contribution is -2.16. The number of hydrogen-bond donors (Lipinski definition) is 0. The van der Waals surface area contributed by atoms with Gasteiger partial charge in [-0.25, -0.2) is 27.6 Å². The quantitative estimate of drug-likeness (QED) is 0.0485. The first-order valence-corrected chi connectivity index (χ1v) is 19.3. The molecule has 3 aromatic rings. The van der Waals surface area contributed by atoms with Crippen LogP contribution in [0.4, 0.5) is 13.2 Å². The Kier molecular flexibility index (Phi) is 19.6. The molecule has 290 valence electrons. The standard InChI is InChI=1S/C43H55F3O7/c1-4-6-8-10-11-12-13-14-15-16-17-19-27-50-38-24-21-33(28-35(38)44)42(48)52-40-26-23-34(30-37(40)46)43(49)53-39-25-22-32(29-36(39)45)41(47)51-31(3)20-18-9-7-5-2/h21-26,28-31H,4-20,27H2,1-3H3. The second kappa shape index (κ2) is 24.1. The number of ether oxygens (including phenoxy) is 4. The van der Waals surface area contributed by atoms with Crippen LogP contribution < -0.4 is 14.2 Å². The first kappa shape index (κ1) is 43.1. The highest BCUT2D eigenvalue weighted by molar-refractivity contribution is 5.93. The van der Waals surface area contributed by atoms with Gasteiger partial charge < -0.3 is 18.9 Å². The molecule has 0 aliphatic heterocycles. The lowest BCUT2D eigenvalue weighted by atomic mass is 10.1. The number of rotatable bonds is 25. The number of unbranched alkanes of at least 4 members (excludes halogenated alkanes) is 14. The number of esters is 3. The maximum absolute atomic E-state index is 14.9. The number of hydrogen-bond acceptors (Lipinski definition) is 7. The summed E-state index contributed by atoms with van der Waals surface area (Å²) in [6.07, 6.45) is 19.0. The van der Waals surface area contributed by atoms with Gasteiger partial charge in [0.15, 0.2) is 34.7 Å². The number of carbonyl (C=O) groups is 3. The van der Waals surface area contributed by atoms with E-state index in [-0.39, 0.29) is 28.5 Å². The van der Waals surface area contributed by atoms with Crippen LogP contribution in [0.3, 0.4) is 0 Å². The molecule has 0 heterocycles. The summed E-state index contributed by atoms with van der Waals surface area (Å²) in [6, 6.07) is 9.81. The summed E-state index contributed by atoms with van der Waals surface area (Å²) in [5.41, 5.74) is -0.494. The molecule has 0 amide bonds. The van der Waals surface area contributed by atoms with Crippen LogP contribution >= 0.6 is 0 Å². The molecule has 0 saturated heterocycles. The minimum atomic E-state index is -1.09. The van der Waals surface area contributed by atoms with Crippen LogP contribution in [-0.4, -0.2) is 30.6 Å². The highest BCUT2D eigenvalue weighted by atomic mass is 19.1. The third-order valence-electron chi connectivity index (χ3n) is 8.94. The van der Waals surface area contributed by atoms with E-state index < -0.39 is 46.9 Å². The lowest BCUT2D eigenvalue weighted by molar-refractivity contribution is 0.0318. The van der Waals surface area contributed by atoms with E-state index in [0.717, 1.165) is 81.3 Å². The molecule has 0 spiro atoms. The molecule has 0 fully saturated rings. The van der Waals surface area contributed by atoms with Crippen molar-refractivity contribution in [2.45, 2.75) is 136 Å². The van der Waals surface area contributed by atoms with Crippen LogP contribution in [0.1, 0.15) is 161 Å². The molecule has 1 atom stereocenters. The summed E-state index contributed by atoms with van der Waals surface area (Å²) in [6.45, 7) is 6.46. The first-order valence-electron chi connectivity index (χ1n) is 19.3. The van der Waals surface area contributed by atoms with Crippen molar-refractivity contribution in [3.8, 4) is 17.2 Å². The van der Waals surface area contributed by atoms with Crippen molar-refractivity contribution in [1.29, 1.82) is 0 Å². The Labute approximate surface area is 312 Å². The van der Waals surface area contributed by atoms with Crippen molar-refractivity contribution in [1.82, 2.24) is 0 Å².